The number of rotatable bonds is 7. The standard InChI is InChI=1S/C13H28N2O/c1-4-13(5-2)10-14-6-7-15-8-9-16-11-12(15)3/h12-14H,4-11H2,1-3H3. The lowest BCUT2D eigenvalue weighted by molar-refractivity contribution is 0.000358. The first-order valence-electron chi connectivity index (χ1n) is 6.80. The van der Waals surface area contributed by atoms with E-state index in [0.717, 1.165) is 38.8 Å². The first-order valence-corrected chi connectivity index (χ1v) is 6.80. The Balaban J connectivity index is 2.05. The van der Waals surface area contributed by atoms with Crippen molar-refractivity contribution in [1.82, 2.24) is 10.2 Å². The van der Waals surface area contributed by atoms with Gasteiger partial charge in [-0.1, -0.05) is 26.7 Å². The second kappa shape index (κ2) is 8.04. The van der Waals surface area contributed by atoms with Crippen LogP contribution in [0.15, 0.2) is 0 Å². The minimum Gasteiger partial charge on any atom is -0.379 e. The van der Waals surface area contributed by atoms with Crippen molar-refractivity contribution in [1.29, 1.82) is 0 Å². The molecule has 0 aromatic rings. The van der Waals surface area contributed by atoms with Gasteiger partial charge in [0.2, 0.25) is 0 Å². The summed E-state index contributed by atoms with van der Waals surface area (Å²) in [6.07, 6.45) is 2.58. The Hall–Kier alpha value is -0.120. The van der Waals surface area contributed by atoms with Crippen LogP contribution in [0.5, 0.6) is 0 Å². The van der Waals surface area contributed by atoms with Gasteiger partial charge in [-0.15, -0.1) is 0 Å². The molecule has 0 spiro atoms. The van der Waals surface area contributed by atoms with Gasteiger partial charge < -0.3 is 10.1 Å². The maximum Gasteiger partial charge on any atom is 0.0619 e. The highest BCUT2D eigenvalue weighted by molar-refractivity contribution is 4.71. The van der Waals surface area contributed by atoms with Crippen molar-refractivity contribution < 1.29 is 4.74 Å². The summed E-state index contributed by atoms with van der Waals surface area (Å²) >= 11 is 0. The van der Waals surface area contributed by atoms with Gasteiger partial charge >= 0.3 is 0 Å². The maximum atomic E-state index is 5.43. The van der Waals surface area contributed by atoms with E-state index in [4.69, 9.17) is 4.74 Å². The second-order valence-corrected chi connectivity index (χ2v) is 4.85. The molecule has 3 heteroatoms. The smallest absolute Gasteiger partial charge is 0.0619 e. The van der Waals surface area contributed by atoms with Gasteiger partial charge in [0.15, 0.2) is 0 Å². The summed E-state index contributed by atoms with van der Waals surface area (Å²) in [7, 11) is 0. The third kappa shape index (κ3) is 4.81. The molecule has 0 aliphatic carbocycles. The topological polar surface area (TPSA) is 24.5 Å². The quantitative estimate of drug-likeness (QED) is 0.672. The van der Waals surface area contributed by atoms with E-state index in [0.29, 0.717) is 6.04 Å². The zero-order valence-corrected chi connectivity index (χ0v) is 11.2. The average molecular weight is 228 g/mol. The highest BCUT2D eigenvalue weighted by Crippen LogP contribution is 2.06. The van der Waals surface area contributed by atoms with Crippen LogP contribution in [-0.4, -0.2) is 50.3 Å². The van der Waals surface area contributed by atoms with E-state index in [1.807, 2.05) is 0 Å². The van der Waals surface area contributed by atoms with Gasteiger partial charge in [0.1, 0.15) is 0 Å². The average Bonchev–Trinajstić information content (AvgIpc) is 2.31. The number of morpholine rings is 1. The van der Waals surface area contributed by atoms with Gasteiger partial charge in [0.25, 0.3) is 0 Å². The molecular weight excluding hydrogens is 200 g/mol. The molecule has 1 unspecified atom stereocenters. The molecule has 96 valence electrons. The number of ether oxygens (including phenoxy) is 1. The number of nitrogens with zero attached hydrogens (tertiary/aromatic N) is 1. The molecule has 0 aromatic carbocycles. The molecule has 1 aliphatic heterocycles. The van der Waals surface area contributed by atoms with Crippen molar-refractivity contribution in [3.63, 3.8) is 0 Å². The van der Waals surface area contributed by atoms with Crippen molar-refractivity contribution >= 4 is 0 Å². The van der Waals surface area contributed by atoms with E-state index >= 15 is 0 Å². The molecule has 0 aromatic heterocycles. The molecule has 1 heterocycles. The third-order valence-electron chi connectivity index (χ3n) is 3.67. The van der Waals surface area contributed by atoms with Crippen molar-refractivity contribution in [3.8, 4) is 0 Å². The lowest BCUT2D eigenvalue weighted by Gasteiger charge is -2.33. The molecule has 16 heavy (non-hydrogen) atoms. The Kier molecular flexibility index (Phi) is 7.01. The lowest BCUT2D eigenvalue weighted by Crippen LogP contribution is -2.46. The van der Waals surface area contributed by atoms with Gasteiger partial charge in [-0.25, -0.2) is 0 Å². The van der Waals surface area contributed by atoms with Crippen molar-refractivity contribution in [2.75, 3.05) is 39.4 Å². The van der Waals surface area contributed by atoms with Crippen molar-refractivity contribution in [2.24, 2.45) is 5.92 Å². The van der Waals surface area contributed by atoms with E-state index in [-0.39, 0.29) is 0 Å². The normalized spacial score (nSPS) is 22.9. The third-order valence-corrected chi connectivity index (χ3v) is 3.67. The maximum absolute atomic E-state index is 5.43. The van der Waals surface area contributed by atoms with Gasteiger partial charge in [-0.3, -0.25) is 4.90 Å². The van der Waals surface area contributed by atoms with Crippen molar-refractivity contribution in [2.45, 2.75) is 39.7 Å². The van der Waals surface area contributed by atoms with E-state index in [2.05, 4.69) is 31.0 Å². The monoisotopic (exact) mass is 228 g/mol. The van der Waals surface area contributed by atoms with E-state index < -0.39 is 0 Å². The minimum absolute atomic E-state index is 0.587. The molecule has 3 nitrogen and oxygen atoms in total. The van der Waals surface area contributed by atoms with Crippen LogP contribution in [0.2, 0.25) is 0 Å². The van der Waals surface area contributed by atoms with Crippen LogP contribution in [0.4, 0.5) is 0 Å². The molecule has 1 fully saturated rings. The Bertz CT molecular complexity index is 171. The van der Waals surface area contributed by atoms with E-state index in [1.165, 1.54) is 19.4 Å². The zero-order valence-electron chi connectivity index (χ0n) is 11.2. The summed E-state index contributed by atoms with van der Waals surface area (Å²) in [6.45, 7) is 13.1. The predicted molar refractivity (Wildman–Crippen MR) is 68.8 cm³/mol. The largest absolute Gasteiger partial charge is 0.379 e. The summed E-state index contributed by atoms with van der Waals surface area (Å²) in [5, 5.41) is 3.57. The van der Waals surface area contributed by atoms with Crippen molar-refractivity contribution in [3.05, 3.63) is 0 Å². The molecule has 1 aliphatic rings. The van der Waals surface area contributed by atoms with Crippen LogP contribution in [0.1, 0.15) is 33.6 Å². The lowest BCUT2D eigenvalue weighted by atomic mass is 10.0. The summed E-state index contributed by atoms with van der Waals surface area (Å²) in [5.74, 6) is 0.849. The molecule has 1 saturated heterocycles. The minimum atomic E-state index is 0.587. The number of hydrogen-bond acceptors (Lipinski definition) is 3. The first kappa shape index (κ1) is 13.9. The fraction of sp³-hybridized carbons (Fsp3) is 1.00. The summed E-state index contributed by atoms with van der Waals surface area (Å²) in [4.78, 5) is 2.52. The van der Waals surface area contributed by atoms with Gasteiger partial charge in [-0.2, -0.15) is 0 Å². The molecule has 0 amide bonds. The van der Waals surface area contributed by atoms with E-state index in [1.54, 1.807) is 0 Å². The Morgan fingerprint density at radius 2 is 2.12 bits per heavy atom. The second-order valence-electron chi connectivity index (χ2n) is 4.85. The van der Waals surface area contributed by atoms with Gasteiger partial charge in [0, 0.05) is 25.7 Å². The summed E-state index contributed by atoms with van der Waals surface area (Å²) in [5.41, 5.74) is 0. The van der Waals surface area contributed by atoms with Crippen LogP contribution < -0.4 is 5.32 Å². The Morgan fingerprint density at radius 1 is 1.38 bits per heavy atom. The Morgan fingerprint density at radius 3 is 2.75 bits per heavy atom. The summed E-state index contributed by atoms with van der Waals surface area (Å²) < 4.78 is 5.43. The molecule has 0 radical (unpaired) electrons. The van der Waals surface area contributed by atoms with Gasteiger partial charge in [-0.05, 0) is 19.4 Å². The predicted octanol–water partition coefficient (Wildman–Crippen LogP) is 1.73. The molecule has 1 rings (SSSR count). The fourth-order valence-corrected chi connectivity index (χ4v) is 2.20. The SMILES string of the molecule is CCC(CC)CNCCN1CCOCC1C. The highest BCUT2D eigenvalue weighted by Gasteiger charge is 2.17. The van der Waals surface area contributed by atoms with Crippen LogP contribution in [0.25, 0.3) is 0 Å². The molecular formula is C13H28N2O. The van der Waals surface area contributed by atoms with Crippen LogP contribution in [-0.2, 0) is 4.74 Å². The van der Waals surface area contributed by atoms with Crippen LogP contribution in [0.3, 0.4) is 0 Å². The zero-order chi connectivity index (χ0) is 11.8. The Labute approximate surface area is 101 Å². The fourth-order valence-electron chi connectivity index (χ4n) is 2.20. The summed E-state index contributed by atoms with van der Waals surface area (Å²) in [6, 6.07) is 0.587. The molecule has 1 atom stereocenters. The molecule has 1 N–H and O–H groups in total. The number of hydrogen-bond donors (Lipinski definition) is 1. The highest BCUT2D eigenvalue weighted by atomic mass is 16.5. The van der Waals surface area contributed by atoms with Crippen LogP contribution in [0, 0.1) is 5.92 Å². The number of nitrogens with one attached hydrogen (secondary N) is 1. The molecule has 0 saturated carbocycles. The van der Waals surface area contributed by atoms with Crippen LogP contribution >= 0.6 is 0 Å². The first-order chi connectivity index (χ1) is 7.77. The molecule has 0 bridgehead atoms. The van der Waals surface area contributed by atoms with E-state index in [9.17, 15) is 0 Å². The van der Waals surface area contributed by atoms with Gasteiger partial charge in [0.05, 0.1) is 13.2 Å².